The van der Waals surface area contributed by atoms with Crippen molar-refractivity contribution in [3.8, 4) is 5.75 Å². The molecule has 0 unspecified atom stereocenters. The Morgan fingerprint density at radius 2 is 2.25 bits per heavy atom. The summed E-state index contributed by atoms with van der Waals surface area (Å²) < 4.78 is 5.63. The predicted octanol–water partition coefficient (Wildman–Crippen LogP) is 2.91. The Morgan fingerprint density at radius 1 is 1.42 bits per heavy atom. The Kier molecular flexibility index (Phi) is 5.01. The van der Waals surface area contributed by atoms with Crippen molar-refractivity contribution in [3.63, 3.8) is 0 Å². The van der Waals surface area contributed by atoms with E-state index in [-0.39, 0.29) is 12.8 Å². The average Bonchev–Trinajstić information content (AvgIpc) is 2.92. The molecule has 2 amide bonds. The van der Waals surface area contributed by atoms with Gasteiger partial charge in [0.2, 0.25) is 0 Å². The number of carbonyl (C=O) groups excluding carboxylic acids is 1. The lowest BCUT2D eigenvalue weighted by Gasteiger charge is -2.20. The number of benzene rings is 1. The molecule has 2 N–H and O–H groups in total. The number of thiazole rings is 1. The molecule has 3 rings (SSSR count). The van der Waals surface area contributed by atoms with Crippen molar-refractivity contribution >= 4 is 22.5 Å². The Morgan fingerprint density at radius 3 is 3.08 bits per heavy atom. The van der Waals surface area contributed by atoms with Crippen molar-refractivity contribution < 1.29 is 9.53 Å². The molecular formula is C17H22N4O2S. The van der Waals surface area contributed by atoms with Gasteiger partial charge in [0.05, 0.1) is 5.69 Å². The van der Waals surface area contributed by atoms with Gasteiger partial charge in [-0.05, 0) is 38.1 Å². The summed E-state index contributed by atoms with van der Waals surface area (Å²) in [7, 11) is 2.09. The molecule has 7 heteroatoms. The fourth-order valence-electron chi connectivity index (χ4n) is 2.58. The molecule has 0 fully saturated rings. The Bertz CT molecular complexity index is 744. The molecule has 0 atom stereocenters. The lowest BCUT2D eigenvalue weighted by Crippen LogP contribution is -2.32. The topological polar surface area (TPSA) is 66.5 Å². The third kappa shape index (κ3) is 3.85. The van der Waals surface area contributed by atoms with Crippen LogP contribution in [0.3, 0.4) is 0 Å². The number of aromatic nitrogens is 1. The van der Waals surface area contributed by atoms with Gasteiger partial charge in [-0.3, -0.25) is 5.32 Å². The largest absolute Gasteiger partial charge is 0.473 e. The van der Waals surface area contributed by atoms with Crippen LogP contribution in [-0.4, -0.2) is 36.2 Å². The number of fused-ring (bicyclic) bond motifs is 1. The van der Waals surface area contributed by atoms with Crippen molar-refractivity contribution in [1.29, 1.82) is 0 Å². The molecule has 0 aliphatic carbocycles. The Labute approximate surface area is 145 Å². The van der Waals surface area contributed by atoms with Crippen LogP contribution in [0.1, 0.15) is 21.7 Å². The highest BCUT2D eigenvalue weighted by Crippen LogP contribution is 2.27. The third-order valence-electron chi connectivity index (χ3n) is 4.16. The second-order valence-electron chi connectivity index (χ2n) is 5.99. The number of nitrogens with zero attached hydrogens (tertiary/aromatic N) is 2. The second-order valence-corrected chi connectivity index (χ2v) is 7.08. The number of urea groups is 1. The van der Waals surface area contributed by atoms with E-state index < -0.39 is 0 Å². The minimum Gasteiger partial charge on any atom is -0.473 e. The third-order valence-corrected chi connectivity index (χ3v) is 5.16. The monoisotopic (exact) mass is 346 g/mol. The number of ether oxygens (including phenoxy) is 1. The van der Waals surface area contributed by atoms with Gasteiger partial charge in [0.1, 0.15) is 5.75 Å². The van der Waals surface area contributed by atoms with Gasteiger partial charge in [-0.25, -0.2) is 9.78 Å². The first-order valence-electron chi connectivity index (χ1n) is 7.94. The summed E-state index contributed by atoms with van der Waals surface area (Å²) in [5.41, 5.74) is 3.34. The first-order chi connectivity index (χ1) is 11.5. The van der Waals surface area contributed by atoms with Crippen LogP contribution in [0, 0.1) is 13.8 Å². The van der Waals surface area contributed by atoms with Gasteiger partial charge in [0.15, 0.2) is 11.9 Å². The standard InChI is InChI=1S/C17H22N4O2S/c1-11-5-4-6-14(12(11)2)23-10-18-16(22)20-17-19-13-7-8-21(3)9-15(13)24-17/h4-6H,7-10H2,1-3H3,(H2,18,19,20,22). The van der Waals surface area contributed by atoms with E-state index in [1.807, 2.05) is 32.0 Å². The lowest BCUT2D eigenvalue weighted by atomic mass is 10.1. The SMILES string of the molecule is Cc1cccc(OCNC(=O)Nc2nc3c(s2)CN(C)CC3)c1C. The van der Waals surface area contributed by atoms with Gasteiger partial charge in [-0.15, -0.1) is 11.3 Å². The Hall–Kier alpha value is -2.12. The van der Waals surface area contributed by atoms with Crippen LogP contribution in [0.4, 0.5) is 9.93 Å². The summed E-state index contributed by atoms with van der Waals surface area (Å²) >= 11 is 1.54. The van der Waals surface area contributed by atoms with E-state index in [9.17, 15) is 4.79 Å². The highest BCUT2D eigenvalue weighted by atomic mass is 32.1. The van der Waals surface area contributed by atoms with Gasteiger partial charge in [0.25, 0.3) is 0 Å². The number of rotatable bonds is 4. The van der Waals surface area contributed by atoms with Crippen LogP contribution in [0.15, 0.2) is 18.2 Å². The van der Waals surface area contributed by atoms with E-state index in [1.165, 1.54) is 16.2 Å². The molecule has 0 saturated heterocycles. The van der Waals surface area contributed by atoms with Crippen molar-refractivity contribution in [2.75, 3.05) is 25.6 Å². The Balaban J connectivity index is 1.50. The highest BCUT2D eigenvalue weighted by Gasteiger charge is 2.19. The fraction of sp³-hybridized carbons (Fsp3) is 0.412. The molecule has 2 aromatic rings. The summed E-state index contributed by atoms with van der Waals surface area (Å²) in [5, 5.41) is 6.12. The molecule has 1 aromatic heterocycles. The maximum atomic E-state index is 12.0. The first kappa shape index (κ1) is 16.7. The van der Waals surface area contributed by atoms with Crippen molar-refractivity contribution in [1.82, 2.24) is 15.2 Å². The summed E-state index contributed by atoms with van der Waals surface area (Å²) in [6, 6.07) is 5.56. The molecule has 0 bridgehead atoms. The molecule has 1 aliphatic heterocycles. The number of hydrogen-bond donors (Lipinski definition) is 2. The molecule has 2 heterocycles. The zero-order valence-corrected chi connectivity index (χ0v) is 15.0. The predicted molar refractivity (Wildman–Crippen MR) is 95.7 cm³/mol. The molecule has 0 saturated carbocycles. The molecular weight excluding hydrogens is 324 g/mol. The fourth-order valence-corrected chi connectivity index (χ4v) is 3.66. The molecule has 1 aromatic carbocycles. The molecule has 6 nitrogen and oxygen atoms in total. The van der Waals surface area contributed by atoms with Gasteiger partial charge in [-0.2, -0.15) is 0 Å². The minimum atomic E-state index is -0.306. The van der Waals surface area contributed by atoms with Crippen molar-refractivity contribution in [3.05, 3.63) is 39.9 Å². The first-order valence-corrected chi connectivity index (χ1v) is 8.75. The average molecular weight is 346 g/mol. The summed E-state index contributed by atoms with van der Waals surface area (Å²) in [6.07, 6.45) is 0.932. The molecule has 1 aliphatic rings. The summed E-state index contributed by atoms with van der Waals surface area (Å²) in [4.78, 5) is 20.0. The molecule has 24 heavy (non-hydrogen) atoms. The van der Waals surface area contributed by atoms with E-state index >= 15 is 0 Å². The summed E-state index contributed by atoms with van der Waals surface area (Å²) in [6.45, 7) is 6.05. The van der Waals surface area contributed by atoms with Crippen LogP contribution in [0.2, 0.25) is 0 Å². The number of amides is 2. The second kappa shape index (κ2) is 7.19. The molecule has 0 radical (unpaired) electrons. The van der Waals surface area contributed by atoms with Gasteiger partial charge < -0.3 is 15.0 Å². The number of nitrogens with one attached hydrogen (secondary N) is 2. The van der Waals surface area contributed by atoms with E-state index in [0.29, 0.717) is 5.13 Å². The maximum absolute atomic E-state index is 12.0. The molecule has 0 spiro atoms. The molecule has 128 valence electrons. The number of carbonyl (C=O) groups is 1. The lowest BCUT2D eigenvalue weighted by molar-refractivity contribution is 0.234. The number of likely N-dealkylation sites (N-methyl/N-ethyl adjacent to an activating group) is 1. The smallest absolute Gasteiger partial charge is 0.323 e. The van der Waals surface area contributed by atoms with Gasteiger partial charge >= 0.3 is 6.03 Å². The number of hydrogen-bond acceptors (Lipinski definition) is 5. The van der Waals surface area contributed by atoms with E-state index in [1.54, 1.807) is 0 Å². The number of aryl methyl sites for hydroxylation is 1. The maximum Gasteiger partial charge on any atom is 0.323 e. The van der Waals surface area contributed by atoms with Crippen LogP contribution in [0.5, 0.6) is 5.75 Å². The van der Waals surface area contributed by atoms with E-state index in [0.717, 1.165) is 42.1 Å². The summed E-state index contributed by atoms with van der Waals surface area (Å²) in [5.74, 6) is 0.781. The van der Waals surface area contributed by atoms with Gasteiger partial charge in [0, 0.05) is 24.4 Å². The minimum absolute atomic E-state index is 0.115. The van der Waals surface area contributed by atoms with Crippen LogP contribution >= 0.6 is 11.3 Å². The zero-order valence-electron chi connectivity index (χ0n) is 14.2. The van der Waals surface area contributed by atoms with Crippen LogP contribution < -0.4 is 15.4 Å². The normalized spacial score (nSPS) is 14.1. The highest BCUT2D eigenvalue weighted by molar-refractivity contribution is 7.15. The van der Waals surface area contributed by atoms with Gasteiger partial charge in [-0.1, -0.05) is 12.1 Å². The number of anilines is 1. The van der Waals surface area contributed by atoms with Crippen molar-refractivity contribution in [2.24, 2.45) is 0 Å². The van der Waals surface area contributed by atoms with Crippen LogP contribution in [0.25, 0.3) is 0 Å². The van der Waals surface area contributed by atoms with Crippen molar-refractivity contribution in [2.45, 2.75) is 26.8 Å². The zero-order chi connectivity index (χ0) is 17.1. The van der Waals surface area contributed by atoms with E-state index in [4.69, 9.17) is 4.74 Å². The quantitative estimate of drug-likeness (QED) is 0.836. The van der Waals surface area contributed by atoms with Crippen LogP contribution in [-0.2, 0) is 13.0 Å². The van der Waals surface area contributed by atoms with E-state index in [2.05, 4.69) is 27.6 Å².